The molecule has 1 aromatic heterocycles. The van der Waals surface area contributed by atoms with Crippen LogP contribution in [0.25, 0.3) is 0 Å². The van der Waals surface area contributed by atoms with Gasteiger partial charge in [0.05, 0.1) is 12.6 Å². The standard InChI is InChI=1S/C10H12N4O/c1-2-3-8-6-10(15)14(13-8)9-7-11-4-5-12-9/h4-5,7H,2-3,6H2,1H3. The van der Waals surface area contributed by atoms with Crippen LogP contribution < -0.4 is 5.01 Å². The Labute approximate surface area is 87.8 Å². The molecule has 0 aromatic carbocycles. The molecule has 0 radical (unpaired) electrons. The summed E-state index contributed by atoms with van der Waals surface area (Å²) in [4.78, 5) is 19.6. The Morgan fingerprint density at radius 1 is 1.47 bits per heavy atom. The van der Waals surface area contributed by atoms with Crippen LogP contribution in [-0.4, -0.2) is 21.6 Å². The molecule has 0 bridgehead atoms. The zero-order valence-corrected chi connectivity index (χ0v) is 8.55. The van der Waals surface area contributed by atoms with Gasteiger partial charge in [-0.15, -0.1) is 0 Å². The Bertz CT molecular complexity index is 388. The van der Waals surface area contributed by atoms with Gasteiger partial charge in [0.25, 0.3) is 5.91 Å². The van der Waals surface area contributed by atoms with E-state index < -0.39 is 0 Å². The number of carbonyl (C=O) groups is 1. The molecular formula is C10H12N4O. The molecule has 15 heavy (non-hydrogen) atoms. The molecule has 0 unspecified atom stereocenters. The third kappa shape index (κ3) is 2.01. The quantitative estimate of drug-likeness (QED) is 0.747. The molecule has 0 saturated heterocycles. The van der Waals surface area contributed by atoms with Crippen molar-refractivity contribution in [3.63, 3.8) is 0 Å². The van der Waals surface area contributed by atoms with Crippen molar-refractivity contribution in [3.8, 4) is 0 Å². The second-order valence-corrected chi connectivity index (χ2v) is 3.36. The first-order valence-corrected chi connectivity index (χ1v) is 4.96. The largest absolute Gasteiger partial charge is 0.272 e. The smallest absolute Gasteiger partial charge is 0.254 e. The predicted octanol–water partition coefficient (Wildman–Crippen LogP) is 1.37. The number of hydrogen-bond acceptors (Lipinski definition) is 4. The van der Waals surface area contributed by atoms with E-state index in [2.05, 4.69) is 22.0 Å². The first-order valence-electron chi connectivity index (χ1n) is 4.96. The highest BCUT2D eigenvalue weighted by Gasteiger charge is 2.25. The van der Waals surface area contributed by atoms with E-state index >= 15 is 0 Å². The highest BCUT2D eigenvalue weighted by Crippen LogP contribution is 2.18. The topological polar surface area (TPSA) is 58.5 Å². The fourth-order valence-corrected chi connectivity index (χ4v) is 1.49. The Morgan fingerprint density at radius 3 is 3.00 bits per heavy atom. The Hall–Kier alpha value is -1.78. The lowest BCUT2D eigenvalue weighted by Gasteiger charge is -2.08. The van der Waals surface area contributed by atoms with E-state index in [1.807, 2.05) is 0 Å². The summed E-state index contributed by atoms with van der Waals surface area (Å²) in [7, 11) is 0. The van der Waals surface area contributed by atoms with Crippen LogP contribution in [0.15, 0.2) is 23.7 Å². The summed E-state index contributed by atoms with van der Waals surface area (Å²) in [6.07, 6.45) is 6.93. The summed E-state index contributed by atoms with van der Waals surface area (Å²) in [5.74, 6) is 0.465. The molecule has 1 aliphatic heterocycles. The molecule has 0 saturated carbocycles. The average molecular weight is 204 g/mol. The summed E-state index contributed by atoms with van der Waals surface area (Å²) in [6, 6.07) is 0. The van der Waals surface area contributed by atoms with Crippen LogP contribution in [0.1, 0.15) is 26.2 Å². The van der Waals surface area contributed by atoms with Crippen LogP contribution in [0.2, 0.25) is 0 Å². The SMILES string of the molecule is CCCC1=NN(c2cnccn2)C(=O)C1. The second-order valence-electron chi connectivity index (χ2n) is 3.36. The van der Waals surface area contributed by atoms with Crippen molar-refractivity contribution in [2.24, 2.45) is 5.10 Å². The number of nitrogens with zero attached hydrogens (tertiary/aromatic N) is 4. The number of rotatable bonds is 3. The van der Waals surface area contributed by atoms with Crippen LogP contribution in [0.3, 0.4) is 0 Å². The zero-order chi connectivity index (χ0) is 10.7. The fourth-order valence-electron chi connectivity index (χ4n) is 1.49. The highest BCUT2D eigenvalue weighted by atomic mass is 16.2. The Balaban J connectivity index is 2.20. The third-order valence-electron chi connectivity index (χ3n) is 2.14. The summed E-state index contributed by atoms with van der Waals surface area (Å²) in [5, 5.41) is 5.56. The van der Waals surface area contributed by atoms with Gasteiger partial charge in [0.15, 0.2) is 5.82 Å². The predicted molar refractivity (Wildman–Crippen MR) is 56.5 cm³/mol. The van der Waals surface area contributed by atoms with Crippen molar-refractivity contribution in [2.75, 3.05) is 5.01 Å². The van der Waals surface area contributed by atoms with Crippen LogP contribution in [0.4, 0.5) is 5.82 Å². The van der Waals surface area contributed by atoms with Gasteiger partial charge < -0.3 is 0 Å². The molecule has 78 valence electrons. The first-order chi connectivity index (χ1) is 7.31. The van der Waals surface area contributed by atoms with Gasteiger partial charge in [0.2, 0.25) is 0 Å². The number of anilines is 1. The van der Waals surface area contributed by atoms with E-state index in [9.17, 15) is 4.79 Å². The van der Waals surface area contributed by atoms with Crippen molar-refractivity contribution >= 4 is 17.4 Å². The van der Waals surface area contributed by atoms with Crippen LogP contribution in [-0.2, 0) is 4.79 Å². The van der Waals surface area contributed by atoms with Gasteiger partial charge in [-0.2, -0.15) is 10.1 Å². The van der Waals surface area contributed by atoms with E-state index in [4.69, 9.17) is 0 Å². The maximum absolute atomic E-state index is 11.6. The van der Waals surface area contributed by atoms with Gasteiger partial charge in [0, 0.05) is 18.1 Å². The number of hydrogen-bond donors (Lipinski definition) is 0. The molecule has 5 heteroatoms. The zero-order valence-electron chi connectivity index (χ0n) is 8.55. The maximum Gasteiger partial charge on any atom is 0.254 e. The molecule has 1 aromatic rings. The molecule has 1 amide bonds. The van der Waals surface area contributed by atoms with Crippen molar-refractivity contribution in [2.45, 2.75) is 26.2 Å². The summed E-state index contributed by atoms with van der Waals surface area (Å²) in [6.45, 7) is 2.07. The number of carbonyl (C=O) groups excluding carboxylic acids is 1. The summed E-state index contributed by atoms with van der Waals surface area (Å²) in [5.41, 5.74) is 0.924. The minimum absolute atomic E-state index is 0.0287. The van der Waals surface area contributed by atoms with Gasteiger partial charge >= 0.3 is 0 Å². The van der Waals surface area contributed by atoms with Gasteiger partial charge in [-0.05, 0) is 6.42 Å². The molecule has 2 heterocycles. The van der Waals surface area contributed by atoms with E-state index in [0.717, 1.165) is 18.6 Å². The monoisotopic (exact) mass is 204 g/mol. The lowest BCUT2D eigenvalue weighted by molar-refractivity contribution is -0.116. The minimum Gasteiger partial charge on any atom is -0.272 e. The van der Waals surface area contributed by atoms with Crippen LogP contribution >= 0.6 is 0 Å². The van der Waals surface area contributed by atoms with Crippen LogP contribution in [0, 0.1) is 0 Å². The maximum atomic E-state index is 11.6. The number of aromatic nitrogens is 2. The van der Waals surface area contributed by atoms with E-state index in [-0.39, 0.29) is 5.91 Å². The minimum atomic E-state index is -0.0287. The van der Waals surface area contributed by atoms with Crippen LogP contribution in [0.5, 0.6) is 0 Å². The van der Waals surface area contributed by atoms with Gasteiger partial charge in [-0.25, -0.2) is 4.98 Å². The highest BCUT2D eigenvalue weighted by molar-refractivity contribution is 6.12. The molecule has 5 nitrogen and oxygen atoms in total. The third-order valence-corrected chi connectivity index (χ3v) is 2.14. The molecular weight excluding hydrogens is 192 g/mol. The molecule has 0 aliphatic carbocycles. The van der Waals surface area contributed by atoms with E-state index in [1.54, 1.807) is 12.4 Å². The fraction of sp³-hybridized carbons (Fsp3) is 0.400. The van der Waals surface area contributed by atoms with Crippen molar-refractivity contribution in [1.82, 2.24) is 9.97 Å². The molecule has 0 spiro atoms. The van der Waals surface area contributed by atoms with Crippen molar-refractivity contribution in [1.29, 1.82) is 0 Å². The van der Waals surface area contributed by atoms with Crippen molar-refractivity contribution < 1.29 is 4.79 Å². The molecule has 0 fully saturated rings. The molecule has 0 atom stereocenters. The van der Waals surface area contributed by atoms with Gasteiger partial charge in [-0.3, -0.25) is 9.78 Å². The number of amides is 1. The Morgan fingerprint density at radius 2 is 2.33 bits per heavy atom. The van der Waals surface area contributed by atoms with Crippen molar-refractivity contribution in [3.05, 3.63) is 18.6 Å². The summed E-state index contributed by atoms with van der Waals surface area (Å²) >= 11 is 0. The van der Waals surface area contributed by atoms with E-state index in [1.165, 1.54) is 11.2 Å². The Kier molecular flexibility index (Phi) is 2.71. The first kappa shape index (κ1) is 9.76. The second kappa shape index (κ2) is 4.16. The van der Waals surface area contributed by atoms with Gasteiger partial charge in [0.1, 0.15) is 0 Å². The molecule has 1 aliphatic rings. The van der Waals surface area contributed by atoms with E-state index in [0.29, 0.717) is 12.2 Å². The van der Waals surface area contributed by atoms with Gasteiger partial charge in [-0.1, -0.05) is 13.3 Å². The summed E-state index contributed by atoms with van der Waals surface area (Å²) < 4.78 is 0. The number of hydrazone groups is 1. The lowest BCUT2D eigenvalue weighted by atomic mass is 10.2. The lowest BCUT2D eigenvalue weighted by Crippen LogP contribution is -2.20. The molecule has 0 N–H and O–H groups in total. The average Bonchev–Trinajstić information content (AvgIpc) is 2.61. The molecule has 2 rings (SSSR count). The normalized spacial score (nSPS) is 15.7.